The second-order valence-corrected chi connectivity index (χ2v) is 10.5. The summed E-state index contributed by atoms with van der Waals surface area (Å²) in [7, 11) is -3.76. The van der Waals surface area contributed by atoms with Crippen LogP contribution in [-0.2, 0) is 16.6 Å². The van der Waals surface area contributed by atoms with E-state index in [1.54, 1.807) is 22.5 Å². The summed E-state index contributed by atoms with van der Waals surface area (Å²) in [6.45, 7) is 5.45. The molecular formula is C26H28F2N2O2S. The van der Waals surface area contributed by atoms with Gasteiger partial charge in [0.25, 0.3) is 10.0 Å². The molecule has 174 valence electrons. The fraction of sp³-hybridized carbons (Fsp3) is 0.308. The average Bonchev–Trinajstić information content (AvgIpc) is 2.78. The number of piperidine rings is 1. The smallest absolute Gasteiger partial charge is 0.264 e. The molecule has 1 heterocycles. The highest BCUT2D eigenvalue weighted by Gasteiger charge is 2.34. The maximum atomic E-state index is 14.1. The molecular weight excluding hydrogens is 442 g/mol. The Morgan fingerprint density at radius 2 is 1.61 bits per heavy atom. The van der Waals surface area contributed by atoms with Gasteiger partial charge in [-0.2, -0.15) is 0 Å². The molecule has 1 aliphatic heterocycles. The summed E-state index contributed by atoms with van der Waals surface area (Å²) in [6.07, 6.45) is 1.23. The van der Waals surface area contributed by atoms with Gasteiger partial charge in [-0.1, -0.05) is 35.9 Å². The molecule has 1 saturated heterocycles. The molecule has 0 saturated carbocycles. The lowest BCUT2D eigenvalue weighted by Gasteiger charge is -2.39. The van der Waals surface area contributed by atoms with Gasteiger partial charge in [-0.05, 0) is 62.6 Å². The van der Waals surface area contributed by atoms with Gasteiger partial charge < -0.3 is 0 Å². The van der Waals surface area contributed by atoms with Gasteiger partial charge in [0.15, 0.2) is 0 Å². The van der Waals surface area contributed by atoms with E-state index in [0.29, 0.717) is 43.7 Å². The third-order valence-electron chi connectivity index (χ3n) is 6.13. The molecule has 0 radical (unpaired) electrons. The van der Waals surface area contributed by atoms with Crippen molar-refractivity contribution in [2.24, 2.45) is 0 Å². The third kappa shape index (κ3) is 5.25. The zero-order valence-corrected chi connectivity index (χ0v) is 19.7. The number of nitrogens with zero attached hydrogens (tertiary/aromatic N) is 2. The van der Waals surface area contributed by atoms with Crippen molar-refractivity contribution in [2.45, 2.75) is 44.2 Å². The standard InChI is InChI=1S/C26H28F2N2O2S/c1-19-6-10-23(11-7-19)30(33(31,32)25-5-3-4-20(2)16-25)24-12-14-29(15-13-24)18-21-8-9-22(27)17-26(21)28/h3-11,16-17,24H,12-15,18H2,1-2H3. The normalized spacial score (nSPS) is 15.5. The molecule has 0 unspecified atom stereocenters. The molecule has 0 aliphatic carbocycles. The Morgan fingerprint density at radius 3 is 2.24 bits per heavy atom. The van der Waals surface area contributed by atoms with Crippen molar-refractivity contribution in [3.63, 3.8) is 0 Å². The van der Waals surface area contributed by atoms with Gasteiger partial charge >= 0.3 is 0 Å². The summed E-state index contributed by atoms with van der Waals surface area (Å²) in [5.74, 6) is -1.15. The second-order valence-electron chi connectivity index (χ2n) is 8.70. The fourth-order valence-corrected chi connectivity index (χ4v) is 6.14. The molecule has 3 aromatic carbocycles. The highest BCUT2D eigenvalue weighted by atomic mass is 32.2. The second kappa shape index (κ2) is 9.61. The predicted molar refractivity (Wildman–Crippen MR) is 127 cm³/mol. The first-order valence-electron chi connectivity index (χ1n) is 11.1. The quantitative estimate of drug-likeness (QED) is 0.482. The zero-order valence-electron chi connectivity index (χ0n) is 18.8. The maximum Gasteiger partial charge on any atom is 0.264 e. The van der Waals surface area contributed by atoms with Crippen molar-refractivity contribution in [3.8, 4) is 0 Å². The summed E-state index contributed by atoms with van der Waals surface area (Å²) in [5.41, 5.74) is 3.03. The number of likely N-dealkylation sites (tertiary alicyclic amines) is 1. The van der Waals surface area contributed by atoms with Crippen LogP contribution < -0.4 is 4.31 Å². The van der Waals surface area contributed by atoms with Gasteiger partial charge in [0.1, 0.15) is 11.6 Å². The molecule has 0 aromatic heterocycles. The zero-order chi connectivity index (χ0) is 23.6. The fourth-order valence-electron chi connectivity index (χ4n) is 4.33. The van der Waals surface area contributed by atoms with Crippen LogP contribution in [0.1, 0.15) is 29.5 Å². The molecule has 33 heavy (non-hydrogen) atoms. The number of halogens is 2. The predicted octanol–water partition coefficient (Wildman–Crippen LogP) is 5.44. The van der Waals surface area contributed by atoms with Crippen LogP contribution in [0.4, 0.5) is 14.5 Å². The largest absolute Gasteiger partial charge is 0.299 e. The van der Waals surface area contributed by atoms with E-state index < -0.39 is 21.7 Å². The molecule has 4 nitrogen and oxygen atoms in total. The number of aryl methyl sites for hydroxylation is 2. The molecule has 0 atom stereocenters. The molecule has 0 bridgehead atoms. The minimum absolute atomic E-state index is 0.215. The van der Waals surface area contributed by atoms with Crippen LogP contribution in [0.2, 0.25) is 0 Å². The minimum Gasteiger partial charge on any atom is -0.299 e. The van der Waals surface area contributed by atoms with Crippen LogP contribution in [-0.4, -0.2) is 32.4 Å². The number of hydrogen-bond acceptors (Lipinski definition) is 3. The van der Waals surface area contributed by atoms with E-state index in [0.717, 1.165) is 17.2 Å². The van der Waals surface area contributed by atoms with Gasteiger partial charge in [0, 0.05) is 37.3 Å². The Bertz CT molecular complexity index is 1220. The third-order valence-corrected chi connectivity index (χ3v) is 8.01. The molecule has 0 amide bonds. The Kier molecular flexibility index (Phi) is 6.81. The van der Waals surface area contributed by atoms with Gasteiger partial charge in [-0.3, -0.25) is 9.21 Å². The molecule has 7 heteroatoms. The van der Waals surface area contributed by atoms with E-state index >= 15 is 0 Å². The average molecular weight is 471 g/mol. The molecule has 3 aromatic rings. The van der Waals surface area contributed by atoms with Gasteiger partial charge in [0.2, 0.25) is 0 Å². The summed E-state index contributed by atoms with van der Waals surface area (Å²) in [5, 5.41) is 0. The van der Waals surface area contributed by atoms with Crippen molar-refractivity contribution in [1.82, 2.24) is 4.90 Å². The first-order chi connectivity index (χ1) is 15.7. The summed E-state index contributed by atoms with van der Waals surface area (Å²) in [4.78, 5) is 2.36. The SMILES string of the molecule is Cc1ccc(N(C2CCN(Cc3ccc(F)cc3F)CC2)S(=O)(=O)c2cccc(C)c2)cc1. The lowest BCUT2D eigenvalue weighted by atomic mass is 10.0. The Balaban J connectivity index is 1.58. The summed E-state index contributed by atoms with van der Waals surface area (Å²) in [6, 6.07) is 17.9. The van der Waals surface area contributed by atoms with Crippen molar-refractivity contribution in [2.75, 3.05) is 17.4 Å². The van der Waals surface area contributed by atoms with E-state index in [1.807, 2.05) is 44.2 Å². The van der Waals surface area contributed by atoms with Crippen LogP contribution in [0.15, 0.2) is 71.6 Å². The van der Waals surface area contributed by atoms with Gasteiger partial charge in [-0.25, -0.2) is 17.2 Å². The number of rotatable bonds is 6. The lowest BCUT2D eigenvalue weighted by Crippen LogP contribution is -2.47. The minimum atomic E-state index is -3.76. The maximum absolute atomic E-state index is 14.1. The summed E-state index contributed by atoms with van der Waals surface area (Å²) < 4.78 is 56.3. The summed E-state index contributed by atoms with van der Waals surface area (Å²) >= 11 is 0. The van der Waals surface area contributed by atoms with E-state index in [9.17, 15) is 17.2 Å². The Labute approximate surface area is 194 Å². The van der Waals surface area contributed by atoms with Crippen molar-refractivity contribution in [3.05, 3.63) is 95.1 Å². The Morgan fingerprint density at radius 1 is 0.909 bits per heavy atom. The number of hydrogen-bond donors (Lipinski definition) is 0. The van der Waals surface area contributed by atoms with E-state index in [1.165, 1.54) is 12.1 Å². The van der Waals surface area contributed by atoms with E-state index in [-0.39, 0.29) is 10.9 Å². The first-order valence-corrected chi connectivity index (χ1v) is 12.5. The molecule has 0 N–H and O–H groups in total. The van der Waals surface area contributed by atoms with Gasteiger partial charge in [0.05, 0.1) is 10.6 Å². The monoisotopic (exact) mass is 470 g/mol. The molecule has 1 aliphatic rings. The molecule has 1 fully saturated rings. The van der Waals surface area contributed by atoms with Gasteiger partial charge in [-0.15, -0.1) is 0 Å². The van der Waals surface area contributed by atoms with Crippen molar-refractivity contribution >= 4 is 15.7 Å². The van der Waals surface area contributed by atoms with E-state index in [4.69, 9.17) is 0 Å². The Hall–Kier alpha value is -2.77. The van der Waals surface area contributed by atoms with Crippen molar-refractivity contribution < 1.29 is 17.2 Å². The lowest BCUT2D eigenvalue weighted by molar-refractivity contribution is 0.204. The molecule has 0 spiro atoms. The number of anilines is 1. The van der Waals surface area contributed by atoms with Crippen molar-refractivity contribution in [1.29, 1.82) is 0 Å². The highest BCUT2D eigenvalue weighted by Crippen LogP contribution is 2.31. The van der Waals surface area contributed by atoms with Crippen LogP contribution >= 0.6 is 0 Å². The van der Waals surface area contributed by atoms with Crippen LogP contribution in [0.5, 0.6) is 0 Å². The number of benzene rings is 3. The van der Waals surface area contributed by atoms with E-state index in [2.05, 4.69) is 4.90 Å². The number of sulfonamides is 1. The van der Waals surface area contributed by atoms with Crippen LogP contribution in [0, 0.1) is 25.5 Å². The molecule has 4 rings (SSSR count). The first kappa shape index (κ1) is 23.4. The van der Waals surface area contributed by atoms with Crippen LogP contribution in [0.25, 0.3) is 0 Å². The van der Waals surface area contributed by atoms with Crippen LogP contribution in [0.3, 0.4) is 0 Å². The topological polar surface area (TPSA) is 40.6 Å². The highest BCUT2D eigenvalue weighted by molar-refractivity contribution is 7.92.